The maximum Gasteiger partial charge on any atom is 0.338 e. The third-order valence-electron chi connectivity index (χ3n) is 5.22. The van der Waals surface area contributed by atoms with Crippen LogP contribution >= 0.6 is 23.1 Å². The lowest BCUT2D eigenvalue weighted by atomic mass is 10.1. The van der Waals surface area contributed by atoms with E-state index in [0.29, 0.717) is 33.4 Å². The lowest BCUT2D eigenvalue weighted by Crippen LogP contribution is -2.29. The van der Waals surface area contributed by atoms with Gasteiger partial charge in [-0.2, -0.15) is 4.98 Å². The van der Waals surface area contributed by atoms with Gasteiger partial charge in [-0.1, -0.05) is 23.1 Å². The van der Waals surface area contributed by atoms with Crippen LogP contribution < -0.4 is 15.8 Å². The Bertz CT molecular complexity index is 1220. The molecule has 1 aromatic carbocycles. The minimum Gasteiger partial charge on any atom is -0.462 e. The van der Waals surface area contributed by atoms with E-state index in [-0.39, 0.29) is 17.2 Å². The van der Waals surface area contributed by atoms with E-state index < -0.39 is 5.97 Å². The van der Waals surface area contributed by atoms with Crippen LogP contribution in [0.15, 0.2) is 34.2 Å². The first-order valence-corrected chi connectivity index (χ1v) is 12.6. The third-order valence-corrected chi connectivity index (χ3v) is 7.35. The van der Waals surface area contributed by atoms with Gasteiger partial charge >= 0.3 is 5.97 Å². The first-order chi connectivity index (χ1) is 16.0. The molecule has 0 bridgehead atoms. The quantitative estimate of drug-likeness (QED) is 0.307. The number of carbonyl (C=O) groups excluding carboxylic acids is 2. The molecule has 2 aromatic heterocycles. The van der Waals surface area contributed by atoms with Crippen molar-refractivity contribution >= 4 is 56.1 Å². The van der Waals surface area contributed by atoms with Crippen LogP contribution in [0.4, 0.5) is 10.8 Å². The highest BCUT2D eigenvalue weighted by Gasteiger charge is 2.19. The molecule has 1 N–H and O–H groups in total. The summed E-state index contributed by atoms with van der Waals surface area (Å²) in [6, 6.07) is 6.49. The summed E-state index contributed by atoms with van der Waals surface area (Å²) in [6.07, 6.45) is 3.48. The zero-order valence-electron chi connectivity index (χ0n) is 18.5. The monoisotopic (exact) mass is 487 g/mol. The summed E-state index contributed by atoms with van der Waals surface area (Å²) in [6.45, 7) is 3.94. The summed E-state index contributed by atoms with van der Waals surface area (Å²) in [5.41, 5.74) is 1.26. The standard InChI is InChI=1S/C22H25N5O4S2/c1-3-31-20(30)14-7-9-15(10-8-14)23-16(28)13-32-21-24-18-17(19(29)26(21)2)33-22(25-18)27-11-5-4-6-12-27/h7-10H,3-6,11-13H2,1-2H3,(H,23,28). The van der Waals surface area contributed by atoms with E-state index in [1.165, 1.54) is 34.1 Å². The number of carbonyl (C=O) groups is 2. The van der Waals surface area contributed by atoms with E-state index >= 15 is 0 Å². The van der Waals surface area contributed by atoms with Crippen molar-refractivity contribution in [1.82, 2.24) is 14.5 Å². The number of ether oxygens (including phenoxy) is 1. The number of thiazole rings is 1. The van der Waals surface area contributed by atoms with Crippen LogP contribution in [0.2, 0.25) is 0 Å². The normalized spacial score (nSPS) is 13.8. The van der Waals surface area contributed by atoms with Gasteiger partial charge in [-0.25, -0.2) is 9.78 Å². The molecule has 0 aliphatic carbocycles. The second-order valence-electron chi connectivity index (χ2n) is 7.59. The molecule has 0 unspecified atom stereocenters. The smallest absolute Gasteiger partial charge is 0.338 e. The van der Waals surface area contributed by atoms with Crippen LogP contribution in [0.1, 0.15) is 36.5 Å². The number of nitrogens with one attached hydrogen (secondary N) is 1. The van der Waals surface area contributed by atoms with Gasteiger partial charge in [-0.05, 0) is 50.5 Å². The topological polar surface area (TPSA) is 106 Å². The molecule has 3 heterocycles. The SMILES string of the molecule is CCOC(=O)c1ccc(NC(=O)CSc2nc3nc(N4CCCCC4)sc3c(=O)n2C)cc1. The zero-order chi connectivity index (χ0) is 23.4. The molecule has 1 aliphatic heterocycles. The Labute approximate surface area is 199 Å². The van der Waals surface area contributed by atoms with Gasteiger partial charge in [0.05, 0.1) is 17.9 Å². The van der Waals surface area contributed by atoms with Crippen molar-refractivity contribution in [2.75, 3.05) is 35.7 Å². The number of hydrogen-bond acceptors (Lipinski definition) is 9. The fraction of sp³-hybridized carbons (Fsp3) is 0.409. The number of thioether (sulfide) groups is 1. The Kier molecular flexibility index (Phi) is 7.29. The lowest BCUT2D eigenvalue weighted by Gasteiger charge is -2.25. The minimum absolute atomic E-state index is 0.0779. The van der Waals surface area contributed by atoms with Crippen LogP contribution in [0.25, 0.3) is 10.3 Å². The number of piperidine rings is 1. The van der Waals surface area contributed by atoms with Crippen LogP contribution in [0.5, 0.6) is 0 Å². The molecule has 1 saturated heterocycles. The average Bonchev–Trinajstić information content (AvgIpc) is 3.26. The summed E-state index contributed by atoms with van der Waals surface area (Å²) in [7, 11) is 1.66. The lowest BCUT2D eigenvalue weighted by molar-refractivity contribution is -0.113. The van der Waals surface area contributed by atoms with Crippen LogP contribution in [0.3, 0.4) is 0 Å². The van der Waals surface area contributed by atoms with Gasteiger partial charge in [0.15, 0.2) is 15.9 Å². The molecule has 0 saturated carbocycles. The average molecular weight is 488 g/mol. The van der Waals surface area contributed by atoms with Crippen molar-refractivity contribution in [1.29, 1.82) is 0 Å². The first kappa shape index (κ1) is 23.2. The molecule has 3 aromatic rings. The number of nitrogens with zero attached hydrogens (tertiary/aromatic N) is 4. The number of benzene rings is 1. The van der Waals surface area contributed by atoms with Gasteiger partial charge < -0.3 is 15.0 Å². The Morgan fingerprint density at radius 1 is 1.15 bits per heavy atom. The number of amides is 1. The Morgan fingerprint density at radius 3 is 2.58 bits per heavy atom. The minimum atomic E-state index is -0.404. The number of anilines is 2. The summed E-state index contributed by atoms with van der Waals surface area (Å²) < 4.78 is 6.95. The van der Waals surface area contributed by atoms with Crippen molar-refractivity contribution in [2.45, 2.75) is 31.3 Å². The van der Waals surface area contributed by atoms with E-state index in [4.69, 9.17) is 4.74 Å². The number of rotatable bonds is 7. The van der Waals surface area contributed by atoms with E-state index in [2.05, 4.69) is 20.2 Å². The van der Waals surface area contributed by atoms with Gasteiger partial charge in [0.1, 0.15) is 4.70 Å². The van der Waals surface area contributed by atoms with Gasteiger partial charge in [0, 0.05) is 25.8 Å². The molecule has 33 heavy (non-hydrogen) atoms. The van der Waals surface area contributed by atoms with Crippen molar-refractivity contribution in [3.63, 3.8) is 0 Å². The van der Waals surface area contributed by atoms with Crippen LogP contribution in [-0.2, 0) is 16.6 Å². The maximum absolute atomic E-state index is 12.8. The zero-order valence-corrected chi connectivity index (χ0v) is 20.1. The largest absolute Gasteiger partial charge is 0.462 e. The molecule has 9 nitrogen and oxygen atoms in total. The molecule has 0 spiro atoms. The van der Waals surface area contributed by atoms with Crippen molar-refractivity contribution in [3.05, 3.63) is 40.2 Å². The van der Waals surface area contributed by atoms with E-state index in [9.17, 15) is 14.4 Å². The molecular formula is C22H25N5O4S2. The number of esters is 1. The third kappa shape index (κ3) is 5.36. The maximum atomic E-state index is 12.8. The Balaban J connectivity index is 1.42. The van der Waals surface area contributed by atoms with E-state index in [1.807, 2.05) is 0 Å². The predicted molar refractivity (Wildman–Crippen MR) is 130 cm³/mol. The molecule has 4 rings (SSSR count). The second kappa shape index (κ2) is 10.3. The van der Waals surface area contributed by atoms with Crippen LogP contribution in [0, 0.1) is 0 Å². The molecule has 1 aliphatic rings. The first-order valence-electron chi connectivity index (χ1n) is 10.8. The van der Waals surface area contributed by atoms with Crippen molar-refractivity contribution in [2.24, 2.45) is 7.05 Å². The Morgan fingerprint density at radius 2 is 1.88 bits per heavy atom. The summed E-state index contributed by atoms with van der Waals surface area (Å²) in [4.78, 5) is 48.3. The fourth-order valence-corrected chi connectivity index (χ4v) is 5.29. The molecule has 0 radical (unpaired) electrons. The highest BCUT2D eigenvalue weighted by molar-refractivity contribution is 7.99. The van der Waals surface area contributed by atoms with Crippen molar-refractivity contribution in [3.8, 4) is 0 Å². The van der Waals surface area contributed by atoms with E-state index in [0.717, 1.165) is 31.1 Å². The molecule has 11 heteroatoms. The van der Waals surface area contributed by atoms with Crippen molar-refractivity contribution < 1.29 is 14.3 Å². The highest BCUT2D eigenvalue weighted by atomic mass is 32.2. The second-order valence-corrected chi connectivity index (χ2v) is 9.51. The summed E-state index contributed by atoms with van der Waals surface area (Å²) >= 11 is 2.56. The van der Waals surface area contributed by atoms with Gasteiger partial charge in [-0.15, -0.1) is 0 Å². The molecule has 174 valence electrons. The van der Waals surface area contributed by atoms with Crippen LogP contribution in [-0.4, -0.2) is 51.9 Å². The van der Waals surface area contributed by atoms with Gasteiger partial charge in [0.25, 0.3) is 5.56 Å². The highest BCUT2D eigenvalue weighted by Crippen LogP contribution is 2.29. The predicted octanol–water partition coefficient (Wildman–Crippen LogP) is 3.29. The van der Waals surface area contributed by atoms with Gasteiger partial charge in [-0.3, -0.25) is 14.2 Å². The molecule has 1 fully saturated rings. The number of hydrogen-bond donors (Lipinski definition) is 1. The fourth-order valence-electron chi connectivity index (χ4n) is 3.50. The summed E-state index contributed by atoms with van der Waals surface area (Å²) in [5, 5.41) is 4.06. The van der Waals surface area contributed by atoms with E-state index in [1.54, 1.807) is 38.2 Å². The Hall–Kier alpha value is -2.92. The number of aromatic nitrogens is 3. The molecule has 0 atom stereocenters. The molecular weight excluding hydrogens is 462 g/mol. The molecule has 1 amide bonds. The van der Waals surface area contributed by atoms with Gasteiger partial charge in [0.2, 0.25) is 5.91 Å². The summed E-state index contributed by atoms with van der Waals surface area (Å²) in [5.74, 6) is -0.571. The number of fused-ring (bicyclic) bond motifs is 1.